The lowest BCUT2D eigenvalue weighted by Gasteiger charge is -2.11. The van der Waals surface area contributed by atoms with Gasteiger partial charge in [0.15, 0.2) is 5.56 Å². The van der Waals surface area contributed by atoms with E-state index >= 15 is 0 Å². The Kier molecular flexibility index (Phi) is 5.66. The molecule has 0 bridgehead atoms. The van der Waals surface area contributed by atoms with E-state index in [0.29, 0.717) is 6.42 Å². The molecule has 1 unspecified atom stereocenters. The van der Waals surface area contributed by atoms with Crippen molar-refractivity contribution in [1.82, 2.24) is 0 Å². The number of carbonyl (C=O) groups is 1. The molecule has 1 aromatic rings. The summed E-state index contributed by atoms with van der Waals surface area (Å²) in [7, 11) is 0. The first-order chi connectivity index (χ1) is 8.84. The lowest BCUT2D eigenvalue weighted by molar-refractivity contribution is -0.137. The molecular formula is C13H14ClF3O2. The zero-order valence-corrected chi connectivity index (χ0v) is 11.1. The first kappa shape index (κ1) is 15.8. The van der Waals surface area contributed by atoms with Gasteiger partial charge in [-0.1, -0.05) is 24.9 Å². The third kappa shape index (κ3) is 5.11. The predicted molar refractivity (Wildman–Crippen MR) is 66.0 cm³/mol. The van der Waals surface area contributed by atoms with Crippen LogP contribution in [0.25, 0.3) is 0 Å². The van der Waals surface area contributed by atoms with Crippen LogP contribution in [0.1, 0.15) is 42.1 Å². The molecule has 6 heteroatoms. The standard InChI is InChI=1S/C13H14ClF3O2/c1-2-3-4-11(14)19-12(18)9-5-7-10(8-6-9)13(15,16)17/h5-8,11H,2-4H2,1H3. The second kappa shape index (κ2) is 6.80. The molecule has 0 heterocycles. The van der Waals surface area contributed by atoms with Crippen LogP contribution in [0.5, 0.6) is 0 Å². The number of benzene rings is 1. The normalized spacial score (nSPS) is 13.1. The molecule has 0 aromatic heterocycles. The van der Waals surface area contributed by atoms with E-state index in [4.69, 9.17) is 16.3 Å². The monoisotopic (exact) mass is 294 g/mol. The van der Waals surface area contributed by atoms with Gasteiger partial charge in [0.1, 0.15) is 0 Å². The van der Waals surface area contributed by atoms with Gasteiger partial charge in [-0.2, -0.15) is 13.2 Å². The molecule has 0 aliphatic heterocycles. The Labute approximate surface area is 114 Å². The lowest BCUT2D eigenvalue weighted by Crippen LogP contribution is -2.13. The van der Waals surface area contributed by atoms with Crippen molar-refractivity contribution in [3.8, 4) is 0 Å². The highest BCUT2D eigenvalue weighted by Gasteiger charge is 2.30. The number of esters is 1. The molecule has 0 saturated heterocycles. The van der Waals surface area contributed by atoms with Crippen molar-refractivity contribution in [1.29, 1.82) is 0 Å². The van der Waals surface area contributed by atoms with Gasteiger partial charge < -0.3 is 4.74 Å². The summed E-state index contributed by atoms with van der Waals surface area (Å²) in [5.41, 5.74) is -1.51. The third-order valence-electron chi connectivity index (χ3n) is 2.47. The number of halogens is 4. The molecule has 0 aliphatic rings. The quantitative estimate of drug-likeness (QED) is 0.585. The summed E-state index contributed by atoms with van der Waals surface area (Å²) in [4.78, 5) is 11.6. The number of ether oxygens (including phenoxy) is 1. The molecule has 0 spiro atoms. The molecule has 2 nitrogen and oxygen atoms in total. The third-order valence-corrected chi connectivity index (χ3v) is 2.77. The second-order valence-electron chi connectivity index (χ2n) is 4.03. The number of unbranched alkanes of at least 4 members (excludes halogenated alkanes) is 1. The van der Waals surface area contributed by atoms with E-state index < -0.39 is 23.3 Å². The molecule has 19 heavy (non-hydrogen) atoms. The Hall–Kier alpha value is -1.23. The maximum atomic E-state index is 12.3. The average Bonchev–Trinajstić information content (AvgIpc) is 2.35. The Balaban J connectivity index is 2.63. The van der Waals surface area contributed by atoms with Gasteiger partial charge in [-0.15, -0.1) is 0 Å². The summed E-state index contributed by atoms with van der Waals surface area (Å²) in [6.45, 7) is 1.97. The summed E-state index contributed by atoms with van der Waals surface area (Å²) < 4.78 is 41.9. The van der Waals surface area contributed by atoms with Gasteiger partial charge in [-0.05, 0) is 37.1 Å². The van der Waals surface area contributed by atoms with E-state index in [-0.39, 0.29) is 5.56 Å². The van der Waals surface area contributed by atoms with E-state index in [0.717, 1.165) is 37.1 Å². The zero-order valence-electron chi connectivity index (χ0n) is 10.3. The van der Waals surface area contributed by atoms with Crippen LogP contribution in [0.15, 0.2) is 24.3 Å². The number of hydrogen-bond acceptors (Lipinski definition) is 2. The number of rotatable bonds is 5. The van der Waals surface area contributed by atoms with Crippen LogP contribution in [-0.2, 0) is 10.9 Å². The molecule has 1 atom stereocenters. The molecule has 0 aliphatic carbocycles. The molecule has 1 rings (SSSR count). The lowest BCUT2D eigenvalue weighted by atomic mass is 10.1. The maximum absolute atomic E-state index is 12.3. The molecule has 0 fully saturated rings. The molecule has 0 radical (unpaired) electrons. The number of carbonyl (C=O) groups excluding carboxylic acids is 1. The van der Waals surface area contributed by atoms with Gasteiger partial charge in [-0.25, -0.2) is 4.79 Å². The Morgan fingerprint density at radius 3 is 2.37 bits per heavy atom. The van der Waals surface area contributed by atoms with Gasteiger partial charge in [0, 0.05) is 0 Å². The predicted octanol–water partition coefficient (Wildman–Crippen LogP) is 4.62. The average molecular weight is 295 g/mol. The summed E-state index contributed by atoms with van der Waals surface area (Å²) in [5, 5.41) is 0. The minimum Gasteiger partial charge on any atom is -0.442 e. The van der Waals surface area contributed by atoms with Gasteiger partial charge in [0.25, 0.3) is 0 Å². The molecule has 0 N–H and O–H groups in total. The minimum absolute atomic E-state index is 0.0511. The number of alkyl halides is 4. The van der Waals surface area contributed by atoms with E-state index in [2.05, 4.69) is 0 Å². The fourth-order valence-corrected chi connectivity index (χ4v) is 1.64. The largest absolute Gasteiger partial charge is 0.442 e. The van der Waals surface area contributed by atoms with Gasteiger partial charge in [0.2, 0.25) is 0 Å². The highest BCUT2D eigenvalue weighted by molar-refractivity contribution is 6.20. The molecule has 1 aromatic carbocycles. The van der Waals surface area contributed by atoms with Gasteiger partial charge in [-0.3, -0.25) is 0 Å². The van der Waals surface area contributed by atoms with Crippen LogP contribution in [-0.4, -0.2) is 11.5 Å². The molecule has 106 valence electrons. The minimum atomic E-state index is -4.42. The Morgan fingerprint density at radius 1 is 1.32 bits per heavy atom. The van der Waals surface area contributed by atoms with Crippen LogP contribution in [0.4, 0.5) is 13.2 Å². The zero-order chi connectivity index (χ0) is 14.5. The van der Waals surface area contributed by atoms with Crippen LogP contribution < -0.4 is 0 Å². The molecule has 0 amide bonds. The Morgan fingerprint density at radius 2 is 1.89 bits per heavy atom. The van der Waals surface area contributed by atoms with Crippen LogP contribution in [0.3, 0.4) is 0 Å². The second-order valence-corrected chi connectivity index (χ2v) is 4.52. The van der Waals surface area contributed by atoms with Crippen molar-refractivity contribution < 1.29 is 22.7 Å². The fourth-order valence-electron chi connectivity index (χ4n) is 1.40. The molecular weight excluding hydrogens is 281 g/mol. The first-order valence-corrected chi connectivity index (χ1v) is 6.30. The smallest absolute Gasteiger partial charge is 0.416 e. The number of hydrogen-bond donors (Lipinski definition) is 0. The van der Waals surface area contributed by atoms with Gasteiger partial charge in [0.05, 0.1) is 11.1 Å². The van der Waals surface area contributed by atoms with Crippen molar-refractivity contribution in [2.24, 2.45) is 0 Å². The van der Waals surface area contributed by atoms with E-state index in [1.54, 1.807) is 0 Å². The van der Waals surface area contributed by atoms with Crippen LogP contribution in [0, 0.1) is 0 Å². The maximum Gasteiger partial charge on any atom is 0.416 e. The first-order valence-electron chi connectivity index (χ1n) is 5.87. The summed E-state index contributed by atoms with van der Waals surface area (Å²) >= 11 is 5.79. The van der Waals surface area contributed by atoms with Crippen molar-refractivity contribution in [3.05, 3.63) is 35.4 Å². The SMILES string of the molecule is CCCCC(Cl)OC(=O)c1ccc(C(F)(F)F)cc1. The van der Waals surface area contributed by atoms with E-state index in [1.165, 1.54) is 0 Å². The van der Waals surface area contributed by atoms with Crippen molar-refractivity contribution >= 4 is 17.6 Å². The molecule has 0 saturated carbocycles. The summed E-state index contributed by atoms with van der Waals surface area (Å²) in [5.74, 6) is -0.718. The highest BCUT2D eigenvalue weighted by atomic mass is 35.5. The van der Waals surface area contributed by atoms with Crippen molar-refractivity contribution in [2.45, 2.75) is 37.9 Å². The highest BCUT2D eigenvalue weighted by Crippen LogP contribution is 2.29. The Bertz CT molecular complexity index is 415. The fraction of sp³-hybridized carbons (Fsp3) is 0.462. The van der Waals surface area contributed by atoms with Crippen molar-refractivity contribution in [3.63, 3.8) is 0 Å². The summed E-state index contributed by atoms with van der Waals surface area (Å²) in [6.07, 6.45) is -2.17. The van der Waals surface area contributed by atoms with E-state index in [1.807, 2.05) is 6.92 Å². The van der Waals surface area contributed by atoms with Gasteiger partial charge >= 0.3 is 12.1 Å². The topological polar surface area (TPSA) is 26.3 Å². The van der Waals surface area contributed by atoms with Crippen LogP contribution >= 0.6 is 11.6 Å². The van der Waals surface area contributed by atoms with E-state index in [9.17, 15) is 18.0 Å². The summed E-state index contributed by atoms with van der Waals surface area (Å²) in [6, 6.07) is 3.83. The van der Waals surface area contributed by atoms with Crippen molar-refractivity contribution in [2.75, 3.05) is 0 Å². The van der Waals surface area contributed by atoms with Crippen LogP contribution in [0.2, 0.25) is 0 Å².